The zero-order valence-electron chi connectivity index (χ0n) is 26.9. The molecule has 0 radical (unpaired) electrons. The predicted octanol–water partition coefficient (Wildman–Crippen LogP) is 5.16. The van der Waals surface area contributed by atoms with Gasteiger partial charge in [0.15, 0.2) is 11.5 Å². The van der Waals surface area contributed by atoms with E-state index in [9.17, 15) is 14.4 Å². The maximum Gasteiger partial charge on any atom is 0.242 e. The van der Waals surface area contributed by atoms with Crippen molar-refractivity contribution in [3.05, 3.63) is 75.4 Å². The largest absolute Gasteiger partial charge is 0.497 e. The third kappa shape index (κ3) is 7.68. The molecule has 0 aromatic heterocycles. The first-order chi connectivity index (χ1) is 21.7. The van der Waals surface area contributed by atoms with E-state index >= 15 is 0 Å². The summed E-state index contributed by atoms with van der Waals surface area (Å²) in [6, 6.07) is 13.4. The summed E-state index contributed by atoms with van der Waals surface area (Å²) in [6.07, 6.45) is 3.39. The van der Waals surface area contributed by atoms with Gasteiger partial charge in [0.1, 0.15) is 11.8 Å². The van der Waals surface area contributed by atoms with E-state index in [1.165, 1.54) is 6.92 Å². The van der Waals surface area contributed by atoms with Gasteiger partial charge in [-0.3, -0.25) is 14.4 Å². The van der Waals surface area contributed by atoms with E-state index in [0.717, 1.165) is 40.8 Å². The molecule has 2 atom stereocenters. The minimum Gasteiger partial charge on any atom is -0.497 e. The SMILES string of the molecule is CCCCC(Nc1ccc2c(cc1=O)[C@@H](NC(C)=O)CCc1cc(OC)c(OC)c(OC)c1-2)C(=O)NCc1ccc(OC)cc1. The van der Waals surface area contributed by atoms with Gasteiger partial charge < -0.3 is 34.9 Å². The second kappa shape index (κ2) is 15.3. The van der Waals surface area contributed by atoms with Gasteiger partial charge in [-0.1, -0.05) is 38.0 Å². The Kier molecular flexibility index (Phi) is 11.3. The predicted molar refractivity (Wildman–Crippen MR) is 174 cm³/mol. The van der Waals surface area contributed by atoms with Gasteiger partial charge in [-0.05, 0) is 71.8 Å². The van der Waals surface area contributed by atoms with Gasteiger partial charge in [0.25, 0.3) is 0 Å². The second-order valence-corrected chi connectivity index (χ2v) is 11.0. The van der Waals surface area contributed by atoms with Crippen molar-refractivity contribution in [2.24, 2.45) is 0 Å². The van der Waals surface area contributed by atoms with Crippen LogP contribution in [0, 0.1) is 0 Å². The number of hydrogen-bond acceptors (Lipinski definition) is 8. The van der Waals surface area contributed by atoms with Crippen LogP contribution in [-0.4, -0.2) is 46.3 Å². The molecule has 0 spiro atoms. The van der Waals surface area contributed by atoms with Gasteiger partial charge in [-0.25, -0.2) is 0 Å². The van der Waals surface area contributed by atoms with Gasteiger partial charge in [0.05, 0.1) is 40.2 Å². The molecule has 1 aliphatic carbocycles. The van der Waals surface area contributed by atoms with Gasteiger partial charge in [0.2, 0.25) is 23.0 Å². The Morgan fingerprint density at radius 2 is 1.67 bits per heavy atom. The molecular formula is C35H43N3O7. The fraction of sp³-hybridized carbons (Fsp3) is 0.400. The maximum absolute atomic E-state index is 13.8. The van der Waals surface area contributed by atoms with E-state index in [1.54, 1.807) is 40.6 Å². The molecule has 0 bridgehead atoms. The molecule has 45 heavy (non-hydrogen) atoms. The number of rotatable bonds is 13. The molecule has 3 N–H and O–H groups in total. The highest BCUT2D eigenvalue weighted by atomic mass is 16.5. The molecule has 1 aliphatic rings. The number of ether oxygens (including phenoxy) is 4. The molecule has 2 amide bonds. The summed E-state index contributed by atoms with van der Waals surface area (Å²) in [5.41, 5.74) is 4.00. The van der Waals surface area contributed by atoms with Crippen molar-refractivity contribution in [1.82, 2.24) is 10.6 Å². The molecular weight excluding hydrogens is 574 g/mol. The number of amides is 2. The molecule has 0 saturated heterocycles. The van der Waals surface area contributed by atoms with Crippen molar-refractivity contribution in [3.63, 3.8) is 0 Å². The lowest BCUT2D eigenvalue weighted by Crippen LogP contribution is -2.40. The second-order valence-electron chi connectivity index (χ2n) is 11.0. The number of aryl methyl sites for hydroxylation is 1. The number of carbonyl (C=O) groups excluding carboxylic acids is 2. The summed E-state index contributed by atoms with van der Waals surface area (Å²) in [5, 5.41) is 9.26. The van der Waals surface area contributed by atoms with Crippen LogP contribution < -0.4 is 40.3 Å². The van der Waals surface area contributed by atoms with Gasteiger partial charge in [-0.2, -0.15) is 0 Å². The summed E-state index contributed by atoms with van der Waals surface area (Å²) in [5.74, 6) is 1.77. The van der Waals surface area contributed by atoms with Crippen molar-refractivity contribution in [3.8, 4) is 34.1 Å². The third-order valence-electron chi connectivity index (χ3n) is 8.03. The Balaban J connectivity index is 1.76. The molecule has 0 heterocycles. The Labute approximate surface area is 264 Å². The molecule has 240 valence electrons. The van der Waals surface area contributed by atoms with E-state index in [1.807, 2.05) is 36.4 Å². The first-order valence-electron chi connectivity index (χ1n) is 15.2. The highest BCUT2D eigenvalue weighted by Gasteiger charge is 2.30. The van der Waals surface area contributed by atoms with Crippen LogP contribution in [-0.2, 0) is 22.6 Å². The van der Waals surface area contributed by atoms with Gasteiger partial charge >= 0.3 is 0 Å². The highest BCUT2D eigenvalue weighted by Crippen LogP contribution is 2.50. The topological polar surface area (TPSA) is 124 Å². The summed E-state index contributed by atoms with van der Waals surface area (Å²) in [4.78, 5) is 39.5. The van der Waals surface area contributed by atoms with Crippen LogP contribution in [0.3, 0.4) is 0 Å². The van der Waals surface area contributed by atoms with Crippen molar-refractivity contribution in [2.45, 2.75) is 64.6 Å². The molecule has 4 rings (SSSR count). The highest BCUT2D eigenvalue weighted by molar-refractivity contribution is 5.86. The molecule has 0 saturated carbocycles. The standard InChI is InChI=1S/C35H43N3O7/c1-7-8-9-29(35(41)36-20-22-10-13-24(42-3)14-11-22)38-28-17-15-25-26(19-30(28)40)27(37-21(2)39)16-12-23-18-31(43-4)33(44-5)34(45-6)32(23)25/h10-11,13-15,17-19,27,29H,7-9,12,16,20H2,1-6H3,(H,36,41)(H,37,39)(H,38,40)/t27-,29?/m0/s1. The first-order valence-corrected chi connectivity index (χ1v) is 15.2. The number of unbranched alkanes of at least 4 members (excludes halogenated alkanes) is 1. The maximum atomic E-state index is 13.8. The minimum atomic E-state index is -0.629. The van der Waals surface area contributed by atoms with Crippen molar-refractivity contribution < 1.29 is 28.5 Å². The van der Waals surface area contributed by atoms with Crippen LogP contribution in [0.4, 0.5) is 5.69 Å². The van der Waals surface area contributed by atoms with Crippen molar-refractivity contribution in [1.29, 1.82) is 0 Å². The van der Waals surface area contributed by atoms with Crippen molar-refractivity contribution >= 4 is 17.5 Å². The Morgan fingerprint density at radius 1 is 0.933 bits per heavy atom. The van der Waals surface area contributed by atoms with E-state index in [-0.39, 0.29) is 22.9 Å². The molecule has 1 unspecified atom stereocenters. The smallest absolute Gasteiger partial charge is 0.242 e. The number of anilines is 1. The monoisotopic (exact) mass is 617 g/mol. The number of benzene rings is 2. The van der Waals surface area contributed by atoms with Crippen LogP contribution >= 0.6 is 0 Å². The number of fused-ring (bicyclic) bond motifs is 3. The van der Waals surface area contributed by atoms with Crippen LogP contribution in [0.25, 0.3) is 11.1 Å². The van der Waals surface area contributed by atoms with E-state index in [2.05, 4.69) is 22.9 Å². The fourth-order valence-corrected chi connectivity index (χ4v) is 5.75. The molecule has 0 fully saturated rings. The average molecular weight is 618 g/mol. The average Bonchev–Trinajstić information content (AvgIpc) is 3.29. The van der Waals surface area contributed by atoms with Crippen LogP contribution in [0.1, 0.15) is 62.3 Å². The van der Waals surface area contributed by atoms with Gasteiger partial charge in [0, 0.05) is 19.0 Å². The minimum absolute atomic E-state index is 0.202. The number of carbonyl (C=O) groups is 2. The lowest BCUT2D eigenvalue weighted by atomic mass is 9.95. The molecule has 3 aromatic carbocycles. The summed E-state index contributed by atoms with van der Waals surface area (Å²) in [7, 11) is 6.28. The Morgan fingerprint density at radius 3 is 2.29 bits per heavy atom. The Hall–Kier alpha value is -4.73. The molecule has 10 heteroatoms. The van der Waals surface area contributed by atoms with E-state index in [0.29, 0.717) is 48.6 Å². The van der Waals surface area contributed by atoms with Crippen LogP contribution in [0.15, 0.2) is 53.3 Å². The third-order valence-corrected chi connectivity index (χ3v) is 8.03. The van der Waals surface area contributed by atoms with Crippen molar-refractivity contribution in [2.75, 3.05) is 33.8 Å². The van der Waals surface area contributed by atoms with E-state index < -0.39 is 12.1 Å². The van der Waals surface area contributed by atoms with E-state index in [4.69, 9.17) is 18.9 Å². The lowest BCUT2D eigenvalue weighted by Gasteiger charge is -2.19. The summed E-state index contributed by atoms with van der Waals surface area (Å²) < 4.78 is 22.4. The fourth-order valence-electron chi connectivity index (χ4n) is 5.75. The van der Waals surface area contributed by atoms with Crippen LogP contribution in [0.2, 0.25) is 0 Å². The lowest BCUT2D eigenvalue weighted by molar-refractivity contribution is -0.122. The first kappa shape index (κ1) is 33.2. The summed E-state index contributed by atoms with van der Waals surface area (Å²) in [6.45, 7) is 3.86. The number of hydrogen-bond donors (Lipinski definition) is 3. The molecule has 10 nitrogen and oxygen atoms in total. The Bertz CT molecular complexity index is 1570. The molecule has 3 aromatic rings. The van der Waals surface area contributed by atoms with Crippen LogP contribution in [0.5, 0.6) is 23.0 Å². The number of methoxy groups -OCH3 is 4. The zero-order valence-corrected chi connectivity index (χ0v) is 26.9. The zero-order chi connectivity index (χ0) is 32.5. The summed E-state index contributed by atoms with van der Waals surface area (Å²) >= 11 is 0. The quantitative estimate of drug-likeness (QED) is 0.240. The normalized spacial score (nSPS) is 14.1. The molecule has 0 aliphatic heterocycles. The number of nitrogens with one attached hydrogen (secondary N) is 3. The van der Waals surface area contributed by atoms with Gasteiger partial charge in [-0.15, -0.1) is 0 Å².